The van der Waals surface area contributed by atoms with Crippen LogP contribution in [0, 0.1) is 6.92 Å². The van der Waals surface area contributed by atoms with Crippen LogP contribution in [0.5, 0.6) is 0 Å². The fraction of sp³-hybridized carbons (Fsp3) is 0.130. The molecule has 0 bridgehead atoms. The molecule has 142 valence electrons. The number of halogens is 2. The highest BCUT2D eigenvalue weighted by molar-refractivity contribution is 6.42. The van der Waals surface area contributed by atoms with Crippen LogP contribution in [0.2, 0.25) is 10.0 Å². The van der Waals surface area contributed by atoms with E-state index >= 15 is 0 Å². The van der Waals surface area contributed by atoms with Crippen molar-refractivity contribution in [2.24, 2.45) is 0 Å². The Morgan fingerprint density at radius 2 is 1.64 bits per heavy atom. The van der Waals surface area contributed by atoms with Crippen LogP contribution in [0.15, 0.2) is 60.7 Å². The molecule has 0 aliphatic heterocycles. The summed E-state index contributed by atoms with van der Waals surface area (Å²) in [5.41, 5.74) is 4.23. The SMILES string of the molecule is Cc1ccccc1-c1ccc(CC(=O)Cc2ccc(Cl)c(Cl)c2)c(C(=O)O)c1. The second-order valence-corrected chi connectivity index (χ2v) is 7.45. The van der Waals surface area contributed by atoms with Crippen molar-refractivity contribution in [3.05, 3.63) is 93.0 Å². The Hall–Kier alpha value is -2.62. The molecule has 0 spiro atoms. The van der Waals surface area contributed by atoms with Crippen LogP contribution in [0.4, 0.5) is 0 Å². The highest BCUT2D eigenvalue weighted by atomic mass is 35.5. The van der Waals surface area contributed by atoms with Gasteiger partial charge in [0.2, 0.25) is 0 Å². The van der Waals surface area contributed by atoms with Crippen molar-refractivity contribution in [3.8, 4) is 11.1 Å². The van der Waals surface area contributed by atoms with Gasteiger partial charge in [-0.1, -0.05) is 65.7 Å². The minimum absolute atomic E-state index is 0.0376. The van der Waals surface area contributed by atoms with E-state index in [2.05, 4.69) is 0 Å². The van der Waals surface area contributed by atoms with E-state index in [0.29, 0.717) is 15.6 Å². The lowest BCUT2D eigenvalue weighted by atomic mass is 9.93. The number of carbonyl (C=O) groups excluding carboxylic acids is 1. The normalized spacial score (nSPS) is 10.7. The Kier molecular flexibility index (Phi) is 6.18. The van der Waals surface area contributed by atoms with Gasteiger partial charge in [-0.05, 0) is 52.9 Å². The van der Waals surface area contributed by atoms with Crippen molar-refractivity contribution >= 4 is 35.0 Å². The summed E-state index contributed by atoms with van der Waals surface area (Å²) in [6.07, 6.45) is 0.200. The summed E-state index contributed by atoms with van der Waals surface area (Å²) in [6, 6.07) is 18.0. The van der Waals surface area contributed by atoms with Gasteiger partial charge in [-0.2, -0.15) is 0 Å². The first kappa shape index (κ1) is 20.1. The van der Waals surface area contributed by atoms with E-state index in [-0.39, 0.29) is 24.2 Å². The summed E-state index contributed by atoms with van der Waals surface area (Å²) in [5.74, 6) is -1.14. The molecular weight excluding hydrogens is 395 g/mol. The number of carboxylic acids is 1. The van der Waals surface area contributed by atoms with E-state index in [1.807, 2.05) is 37.3 Å². The minimum atomic E-state index is -1.05. The van der Waals surface area contributed by atoms with E-state index in [1.54, 1.807) is 30.3 Å². The third-order valence-corrected chi connectivity index (χ3v) is 5.31. The van der Waals surface area contributed by atoms with E-state index in [0.717, 1.165) is 22.3 Å². The van der Waals surface area contributed by atoms with Gasteiger partial charge in [0, 0.05) is 12.8 Å². The summed E-state index contributed by atoms with van der Waals surface area (Å²) >= 11 is 11.9. The summed E-state index contributed by atoms with van der Waals surface area (Å²) < 4.78 is 0. The maximum Gasteiger partial charge on any atom is 0.335 e. The van der Waals surface area contributed by atoms with E-state index in [4.69, 9.17) is 23.2 Å². The molecular formula is C23H18Cl2O3. The molecule has 28 heavy (non-hydrogen) atoms. The quantitative estimate of drug-likeness (QED) is 0.538. The first-order chi connectivity index (χ1) is 13.3. The molecule has 0 atom stereocenters. The van der Waals surface area contributed by atoms with Gasteiger partial charge in [-0.25, -0.2) is 4.79 Å². The number of hydrogen-bond acceptors (Lipinski definition) is 2. The van der Waals surface area contributed by atoms with Gasteiger partial charge < -0.3 is 5.11 Å². The Morgan fingerprint density at radius 1 is 0.893 bits per heavy atom. The second-order valence-electron chi connectivity index (χ2n) is 6.63. The Balaban J connectivity index is 1.85. The van der Waals surface area contributed by atoms with Gasteiger partial charge in [0.15, 0.2) is 0 Å². The molecule has 0 fully saturated rings. The number of aryl methyl sites for hydroxylation is 1. The Bertz CT molecular complexity index is 1060. The van der Waals surface area contributed by atoms with Gasteiger partial charge in [0.1, 0.15) is 5.78 Å². The number of Topliss-reactive ketones (excluding diaryl/α,β-unsaturated/α-hetero) is 1. The molecule has 0 radical (unpaired) electrons. The van der Waals surface area contributed by atoms with Crippen LogP contribution >= 0.6 is 23.2 Å². The molecule has 3 aromatic rings. The van der Waals surface area contributed by atoms with Gasteiger partial charge in [0.25, 0.3) is 0 Å². The smallest absolute Gasteiger partial charge is 0.335 e. The number of ketones is 1. The summed E-state index contributed by atoms with van der Waals surface area (Å²) in [5, 5.41) is 10.5. The number of carbonyl (C=O) groups is 2. The van der Waals surface area contributed by atoms with E-state index in [9.17, 15) is 14.7 Å². The zero-order valence-corrected chi connectivity index (χ0v) is 16.7. The van der Waals surface area contributed by atoms with Crippen molar-refractivity contribution in [1.29, 1.82) is 0 Å². The van der Waals surface area contributed by atoms with Crippen molar-refractivity contribution < 1.29 is 14.7 Å². The molecule has 0 unspecified atom stereocenters. The fourth-order valence-corrected chi connectivity index (χ4v) is 3.47. The Labute approximate surface area is 173 Å². The first-order valence-electron chi connectivity index (χ1n) is 8.73. The molecule has 5 heteroatoms. The average Bonchev–Trinajstić information content (AvgIpc) is 2.65. The molecule has 0 saturated carbocycles. The highest BCUT2D eigenvalue weighted by Gasteiger charge is 2.16. The third-order valence-electron chi connectivity index (χ3n) is 4.57. The maximum absolute atomic E-state index is 12.5. The van der Waals surface area contributed by atoms with Crippen LogP contribution in [0.3, 0.4) is 0 Å². The highest BCUT2D eigenvalue weighted by Crippen LogP contribution is 2.27. The fourth-order valence-electron chi connectivity index (χ4n) is 3.15. The van der Waals surface area contributed by atoms with Crippen LogP contribution < -0.4 is 0 Å². The number of benzene rings is 3. The van der Waals surface area contributed by atoms with Gasteiger partial charge >= 0.3 is 5.97 Å². The van der Waals surface area contributed by atoms with Crippen LogP contribution in [-0.4, -0.2) is 16.9 Å². The van der Waals surface area contributed by atoms with Gasteiger partial charge in [-0.15, -0.1) is 0 Å². The number of aromatic carboxylic acids is 1. The molecule has 3 rings (SSSR count). The molecule has 0 aromatic heterocycles. The zero-order valence-electron chi connectivity index (χ0n) is 15.2. The largest absolute Gasteiger partial charge is 0.478 e. The van der Waals surface area contributed by atoms with Gasteiger partial charge in [-0.3, -0.25) is 4.79 Å². The van der Waals surface area contributed by atoms with Crippen LogP contribution in [0.25, 0.3) is 11.1 Å². The van der Waals surface area contributed by atoms with Crippen molar-refractivity contribution in [3.63, 3.8) is 0 Å². The predicted octanol–water partition coefficient (Wildman–Crippen LogP) is 6.02. The Morgan fingerprint density at radius 3 is 2.32 bits per heavy atom. The van der Waals surface area contributed by atoms with Crippen molar-refractivity contribution in [2.45, 2.75) is 19.8 Å². The van der Waals surface area contributed by atoms with E-state index < -0.39 is 5.97 Å². The lowest BCUT2D eigenvalue weighted by Crippen LogP contribution is -2.11. The second kappa shape index (κ2) is 8.59. The molecule has 0 saturated heterocycles. The summed E-state index contributed by atoms with van der Waals surface area (Å²) in [6.45, 7) is 1.98. The maximum atomic E-state index is 12.5. The molecule has 0 heterocycles. The van der Waals surface area contributed by atoms with Crippen LogP contribution in [0.1, 0.15) is 27.0 Å². The molecule has 0 aliphatic carbocycles. The molecule has 3 nitrogen and oxygen atoms in total. The van der Waals surface area contributed by atoms with Crippen LogP contribution in [-0.2, 0) is 17.6 Å². The van der Waals surface area contributed by atoms with Gasteiger partial charge in [0.05, 0.1) is 15.6 Å². The first-order valence-corrected chi connectivity index (χ1v) is 9.48. The molecule has 3 aromatic carbocycles. The van der Waals surface area contributed by atoms with Crippen molar-refractivity contribution in [2.75, 3.05) is 0 Å². The van der Waals surface area contributed by atoms with E-state index in [1.165, 1.54) is 0 Å². The lowest BCUT2D eigenvalue weighted by molar-refractivity contribution is -0.117. The monoisotopic (exact) mass is 412 g/mol. The summed E-state index contributed by atoms with van der Waals surface area (Å²) in [7, 11) is 0. The number of rotatable bonds is 6. The molecule has 1 N–H and O–H groups in total. The predicted molar refractivity (Wildman–Crippen MR) is 112 cm³/mol. The minimum Gasteiger partial charge on any atom is -0.478 e. The topological polar surface area (TPSA) is 54.4 Å². The third kappa shape index (κ3) is 4.61. The average molecular weight is 413 g/mol. The molecule has 0 aliphatic rings. The number of carboxylic acid groups (broad SMARTS) is 1. The number of hydrogen-bond donors (Lipinski definition) is 1. The van der Waals surface area contributed by atoms with Crippen molar-refractivity contribution in [1.82, 2.24) is 0 Å². The standard InChI is InChI=1S/C23H18Cl2O3/c1-14-4-2-3-5-19(14)17-8-7-16(20(13-17)23(27)28)12-18(26)10-15-6-9-21(24)22(25)11-15/h2-9,11,13H,10,12H2,1H3,(H,27,28). The lowest BCUT2D eigenvalue weighted by Gasteiger charge is -2.11. The summed E-state index contributed by atoms with van der Waals surface area (Å²) in [4.78, 5) is 24.3. The zero-order chi connectivity index (χ0) is 20.3. The molecule has 0 amide bonds.